The average Bonchev–Trinajstić information content (AvgIpc) is 3.03. The van der Waals surface area contributed by atoms with Gasteiger partial charge in [-0.3, -0.25) is 9.59 Å². The number of ether oxygens (including phenoxy) is 2. The van der Waals surface area contributed by atoms with Gasteiger partial charge in [-0.2, -0.15) is 0 Å². The van der Waals surface area contributed by atoms with Gasteiger partial charge in [-0.05, 0) is 42.8 Å². The molecule has 32 heavy (non-hydrogen) atoms. The van der Waals surface area contributed by atoms with Crippen molar-refractivity contribution < 1.29 is 23.5 Å². The predicted octanol–water partition coefficient (Wildman–Crippen LogP) is 4.55. The third kappa shape index (κ3) is 3.80. The number of hydrogen-bond acceptors (Lipinski definition) is 5. The van der Waals surface area contributed by atoms with E-state index in [1.165, 1.54) is 32.4 Å². The molecule has 0 aliphatic carbocycles. The van der Waals surface area contributed by atoms with E-state index in [2.05, 4.69) is 5.32 Å². The second-order valence-corrected chi connectivity index (χ2v) is 7.23. The fraction of sp³-hybridized carbons (Fsp3) is 0.120. The van der Waals surface area contributed by atoms with Crippen LogP contribution in [0.2, 0.25) is 0 Å². The third-order valence-electron chi connectivity index (χ3n) is 5.15. The number of imide groups is 1. The van der Waals surface area contributed by atoms with Gasteiger partial charge in [0, 0.05) is 11.8 Å². The number of nitrogens with zero attached hydrogens (tertiary/aromatic N) is 1. The molecule has 7 heteroatoms. The number of carbonyl (C=O) groups excluding carboxylic acids is 2. The third-order valence-corrected chi connectivity index (χ3v) is 5.15. The lowest BCUT2D eigenvalue weighted by molar-refractivity contribution is -0.120. The van der Waals surface area contributed by atoms with Crippen LogP contribution in [0.25, 0.3) is 5.57 Å². The maximum atomic E-state index is 13.8. The van der Waals surface area contributed by atoms with Crippen molar-refractivity contribution in [1.29, 1.82) is 0 Å². The van der Waals surface area contributed by atoms with Crippen LogP contribution >= 0.6 is 0 Å². The highest BCUT2D eigenvalue weighted by Gasteiger charge is 2.41. The number of halogens is 1. The molecule has 6 nitrogen and oxygen atoms in total. The van der Waals surface area contributed by atoms with Crippen LogP contribution in [0.4, 0.5) is 15.8 Å². The van der Waals surface area contributed by atoms with E-state index < -0.39 is 17.6 Å². The molecule has 0 saturated heterocycles. The fourth-order valence-corrected chi connectivity index (χ4v) is 3.53. The summed E-state index contributed by atoms with van der Waals surface area (Å²) in [6, 6.07) is 17.8. The summed E-state index contributed by atoms with van der Waals surface area (Å²) in [5.74, 6) is -0.770. The Morgan fingerprint density at radius 3 is 2.28 bits per heavy atom. The van der Waals surface area contributed by atoms with Crippen LogP contribution in [0.5, 0.6) is 11.5 Å². The number of methoxy groups -OCH3 is 2. The molecule has 2 amide bonds. The Hall–Kier alpha value is -4.13. The van der Waals surface area contributed by atoms with E-state index in [0.717, 1.165) is 10.5 Å². The molecule has 0 bridgehead atoms. The highest BCUT2D eigenvalue weighted by atomic mass is 19.1. The summed E-state index contributed by atoms with van der Waals surface area (Å²) in [6.07, 6.45) is 0. The molecule has 0 unspecified atom stereocenters. The number of nitrogens with one attached hydrogen (secondary N) is 1. The van der Waals surface area contributed by atoms with Crippen LogP contribution in [0.3, 0.4) is 0 Å². The van der Waals surface area contributed by atoms with E-state index in [0.29, 0.717) is 22.7 Å². The maximum Gasteiger partial charge on any atom is 0.282 e. The van der Waals surface area contributed by atoms with Gasteiger partial charge in [0.25, 0.3) is 11.8 Å². The molecule has 0 radical (unpaired) electrons. The zero-order valence-corrected chi connectivity index (χ0v) is 17.8. The normalized spacial score (nSPS) is 13.6. The Morgan fingerprint density at radius 2 is 1.62 bits per heavy atom. The number of rotatable bonds is 6. The summed E-state index contributed by atoms with van der Waals surface area (Å²) in [5.41, 5.74) is 2.42. The molecule has 1 aliphatic rings. The van der Waals surface area contributed by atoms with Crippen LogP contribution < -0.4 is 19.7 Å². The lowest BCUT2D eigenvalue weighted by Gasteiger charge is -2.19. The first-order chi connectivity index (χ1) is 15.4. The number of anilines is 2. The smallest absolute Gasteiger partial charge is 0.282 e. The monoisotopic (exact) mass is 432 g/mol. The minimum Gasteiger partial charge on any atom is -0.497 e. The van der Waals surface area contributed by atoms with E-state index in [4.69, 9.17) is 9.47 Å². The van der Waals surface area contributed by atoms with Crippen LogP contribution in [0.15, 0.2) is 72.4 Å². The maximum absolute atomic E-state index is 13.8. The van der Waals surface area contributed by atoms with E-state index in [-0.39, 0.29) is 17.0 Å². The van der Waals surface area contributed by atoms with Crippen molar-refractivity contribution in [3.8, 4) is 11.5 Å². The minimum absolute atomic E-state index is 0.0503. The summed E-state index contributed by atoms with van der Waals surface area (Å²) >= 11 is 0. The highest BCUT2D eigenvalue weighted by Crippen LogP contribution is 2.39. The standard InChI is InChI=1S/C25H21FN2O4/c1-15-7-9-16(10-8-15)22-23(27-18-6-4-5-17(26)13-18)25(30)28(24(22)29)20-14-19(31-2)11-12-21(20)32-3/h4-14,27H,1-3H3. The first-order valence-electron chi connectivity index (χ1n) is 9.87. The largest absolute Gasteiger partial charge is 0.497 e. The second-order valence-electron chi connectivity index (χ2n) is 7.23. The Labute approximate surface area is 184 Å². The van der Waals surface area contributed by atoms with Gasteiger partial charge in [-0.1, -0.05) is 35.9 Å². The van der Waals surface area contributed by atoms with E-state index in [1.54, 1.807) is 36.4 Å². The van der Waals surface area contributed by atoms with Gasteiger partial charge in [0.05, 0.1) is 25.5 Å². The van der Waals surface area contributed by atoms with E-state index in [1.807, 2.05) is 19.1 Å². The summed E-state index contributed by atoms with van der Waals surface area (Å²) in [7, 11) is 2.95. The van der Waals surface area contributed by atoms with Crippen LogP contribution in [-0.2, 0) is 9.59 Å². The van der Waals surface area contributed by atoms with Gasteiger partial charge >= 0.3 is 0 Å². The summed E-state index contributed by atoms with van der Waals surface area (Å²) in [6.45, 7) is 1.93. The molecule has 3 aromatic rings. The SMILES string of the molecule is COc1ccc(OC)c(N2C(=O)C(Nc3cccc(F)c3)=C(c3ccc(C)cc3)C2=O)c1. The molecule has 0 atom stereocenters. The second kappa shape index (κ2) is 8.55. The molecule has 1 N–H and O–H groups in total. The predicted molar refractivity (Wildman–Crippen MR) is 120 cm³/mol. The van der Waals surface area contributed by atoms with Crippen LogP contribution in [0.1, 0.15) is 11.1 Å². The van der Waals surface area contributed by atoms with Gasteiger partial charge < -0.3 is 14.8 Å². The molecular formula is C25H21FN2O4. The topological polar surface area (TPSA) is 67.9 Å². The Kier molecular flexibility index (Phi) is 5.64. The number of carbonyl (C=O) groups is 2. The van der Waals surface area contributed by atoms with Crippen molar-refractivity contribution in [3.05, 3.63) is 89.4 Å². The van der Waals surface area contributed by atoms with Crippen molar-refractivity contribution in [2.45, 2.75) is 6.92 Å². The number of benzene rings is 3. The number of amides is 2. The first kappa shape index (κ1) is 21.1. The Morgan fingerprint density at radius 1 is 0.875 bits per heavy atom. The number of hydrogen-bond donors (Lipinski definition) is 1. The average molecular weight is 432 g/mol. The van der Waals surface area contributed by atoms with Crippen LogP contribution in [0, 0.1) is 12.7 Å². The Balaban J connectivity index is 1.86. The van der Waals surface area contributed by atoms with Gasteiger partial charge in [0.1, 0.15) is 23.0 Å². The lowest BCUT2D eigenvalue weighted by atomic mass is 10.0. The van der Waals surface area contributed by atoms with Crippen molar-refractivity contribution in [3.63, 3.8) is 0 Å². The van der Waals surface area contributed by atoms with Crippen molar-refractivity contribution >= 4 is 28.8 Å². The quantitative estimate of drug-likeness (QED) is 0.579. The molecule has 0 fully saturated rings. The fourth-order valence-electron chi connectivity index (χ4n) is 3.53. The molecule has 162 valence electrons. The van der Waals surface area contributed by atoms with Gasteiger partial charge in [0.2, 0.25) is 0 Å². The van der Waals surface area contributed by atoms with Crippen molar-refractivity contribution in [1.82, 2.24) is 0 Å². The van der Waals surface area contributed by atoms with Gasteiger partial charge in [-0.25, -0.2) is 9.29 Å². The minimum atomic E-state index is -0.582. The molecular weight excluding hydrogens is 411 g/mol. The molecule has 0 saturated carbocycles. The first-order valence-corrected chi connectivity index (χ1v) is 9.87. The molecule has 0 aromatic heterocycles. The van der Waals surface area contributed by atoms with Gasteiger partial charge in [0.15, 0.2) is 0 Å². The molecule has 1 aliphatic heterocycles. The number of aryl methyl sites for hydroxylation is 1. The highest BCUT2D eigenvalue weighted by molar-refractivity contribution is 6.46. The van der Waals surface area contributed by atoms with Crippen LogP contribution in [-0.4, -0.2) is 26.0 Å². The Bertz CT molecular complexity index is 1230. The van der Waals surface area contributed by atoms with Gasteiger partial charge in [-0.15, -0.1) is 0 Å². The van der Waals surface area contributed by atoms with Crippen molar-refractivity contribution in [2.24, 2.45) is 0 Å². The lowest BCUT2D eigenvalue weighted by Crippen LogP contribution is -2.32. The summed E-state index contributed by atoms with van der Waals surface area (Å²) in [4.78, 5) is 28.1. The molecule has 4 rings (SSSR count). The zero-order valence-electron chi connectivity index (χ0n) is 17.8. The molecule has 1 heterocycles. The summed E-state index contributed by atoms with van der Waals surface area (Å²) in [5, 5.41) is 2.95. The van der Waals surface area contributed by atoms with E-state index >= 15 is 0 Å². The molecule has 0 spiro atoms. The zero-order chi connectivity index (χ0) is 22.8. The summed E-state index contributed by atoms with van der Waals surface area (Å²) < 4.78 is 24.4. The van der Waals surface area contributed by atoms with Crippen molar-refractivity contribution in [2.75, 3.05) is 24.4 Å². The van der Waals surface area contributed by atoms with E-state index in [9.17, 15) is 14.0 Å². The molecule has 3 aromatic carbocycles.